The van der Waals surface area contributed by atoms with Gasteiger partial charge in [0.2, 0.25) is 0 Å². The average Bonchev–Trinajstić information content (AvgIpc) is 2.63. The summed E-state index contributed by atoms with van der Waals surface area (Å²) in [6.07, 6.45) is 1.32. The van der Waals surface area contributed by atoms with Crippen molar-refractivity contribution in [3.63, 3.8) is 0 Å². The van der Waals surface area contributed by atoms with E-state index in [2.05, 4.69) is 11.0 Å². The van der Waals surface area contributed by atoms with Crippen LogP contribution in [0.15, 0.2) is 42.5 Å². The molecule has 1 aliphatic heterocycles. The van der Waals surface area contributed by atoms with E-state index in [1.165, 1.54) is 0 Å². The average molecular weight is 340 g/mol. The summed E-state index contributed by atoms with van der Waals surface area (Å²) in [5.41, 5.74) is 3.01. The molecule has 1 aliphatic rings. The molecule has 5 nitrogen and oxygen atoms in total. The Morgan fingerprint density at radius 2 is 1.92 bits per heavy atom. The highest BCUT2D eigenvalue weighted by Crippen LogP contribution is 2.36. The SMILES string of the molecule is COc1ccccc1C(c1cccc(C)n1)N1CCC(C(=O)O)CC1. The lowest BCUT2D eigenvalue weighted by Crippen LogP contribution is -2.39. The summed E-state index contributed by atoms with van der Waals surface area (Å²) in [5, 5.41) is 9.26. The van der Waals surface area contributed by atoms with Crippen LogP contribution in [0.4, 0.5) is 0 Å². The molecular weight excluding hydrogens is 316 g/mol. The summed E-state index contributed by atoms with van der Waals surface area (Å²) in [4.78, 5) is 18.3. The molecule has 1 aromatic heterocycles. The second kappa shape index (κ2) is 7.66. The van der Waals surface area contributed by atoms with Gasteiger partial charge in [0.1, 0.15) is 5.75 Å². The number of aliphatic carboxylic acids is 1. The normalized spacial score (nSPS) is 17.2. The van der Waals surface area contributed by atoms with Gasteiger partial charge in [-0.1, -0.05) is 24.3 Å². The zero-order chi connectivity index (χ0) is 17.8. The van der Waals surface area contributed by atoms with Crippen molar-refractivity contribution >= 4 is 5.97 Å². The number of piperidine rings is 1. The Hall–Kier alpha value is -2.40. The van der Waals surface area contributed by atoms with Crippen molar-refractivity contribution in [2.24, 2.45) is 5.92 Å². The predicted molar refractivity (Wildman–Crippen MR) is 95.7 cm³/mol. The minimum Gasteiger partial charge on any atom is -0.496 e. The van der Waals surface area contributed by atoms with Crippen LogP contribution in [-0.4, -0.2) is 41.2 Å². The van der Waals surface area contributed by atoms with Gasteiger partial charge < -0.3 is 9.84 Å². The minimum atomic E-state index is -0.692. The van der Waals surface area contributed by atoms with Gasteiger partial charge in [0.25, 0.3) is 0 Å². The monoisotopic (exact) mass is 340 g/mol. The number of benzene rings is 1. The molecule has 0 amide bonds. The highest BCUT2D eigenvalue weighted by Gasteiger charge is 2.32. The molecule has 1 saturated heterocycles. The number of aryl methyl sites for hydroxylation is 1. The molecule has 132 valence electrons. The third-order valence-corrected chi connectivity index (χ3v) is 4.87. The van der Waals surface area contributed by atoms with E-state index in [1.807, 2.05) is 43.3 Å². The van der Waals surface area contributed by atoms with Crippen molar-refractivity contribution in [2.45, 2.75) is 25.8 Å². The number of aromatic nitrogens is 1. The molecule has 0 bridgehead atoms. The molecule has 0 radical (unpaired) electrons. The standard InChI is InChI=1S/C20H24N2O3/c1-14-6-5-8-17(21-14)19(16-7-3-4-9-18(16)25-2)22-12-10-15(11-13-22)20(23)24/h3-9,15,19H,10-13H2,1-2H3,(H,23,24). The molecule has 2 heterocycles. The van der Waals surface area contributed by atoms with Gasteiger partial charge >= 0.3 is 5.97 Å². The number of hydrogen-bond donors (Lipinski definition) is 1. The summed E-state index contributed by atoms with van der Waals surface area (Å²) in [6, 6.07) is 14.0. The van der Waals surface area contributed by atoms with Gasteiger partial charge in [-0.05, 0) is 51.1 Å². The highest BCUT2D eigenvalue weighted by molar-refractivity contribution is 5.70. The first kappa shape index (κ1) is 17.4. The van der Waals surface area contributed by atoms with Crippen molar-refractivity contribution < 1.29 is 14.6 Å². The number of likely N-dealkylation sites (tertiary alicyclic amines) is 1. The van der Waals surface area contributed by atoms with Crippen LogP contribution in [-0.2, 0) is 4.79 Å². The Morgan fingerprint density at radius 3 is 2.56 bits per heavy atom. The van der Waals surface area contributed by atoms with Crippen LogP contribution in [0.25, 0.3) is 0 Å². The Balaban J connectivity index is 1.97. The third kappa shape index (κ3) is 3.82. The van der Waals surface area contributed by atoms with Crippen LogP contribution in [0.5, 0.6) is 5.75 Å². The van der Waals surface area contributed by atoms with Gasteiger partial charge in [-0.25, -0.2) is 0 Å². The zero-order valence-electron chi connectivity index (χ0n) is 14.7. The maximum absolute atomic E-state index is 11.3. The summed E-state index contributed by atoms with van der Waals surface area (Å²) < 4.78 is 5.58. The number of nitrogens with zero attached hydrogens (tertiary/aromatic N) is 2. The number of carboxylic acid groups (broad SMARTS) is 1. The first-order chi connectivity index (χ1) is 12.1. The largest absolute Gasteiger partial charge is 0.496 e. The second-order valence-electron chi connectivity index (χ2n) is 6.50. The van der Waals surface area contributed by atoms with Crippen LogP contribution in [0.3, 0.4) is 0 Å². The van der Waals surface area contributed by atoms with Crippen LogP contribution in [0, 0.1) is 12.8 Å². The quantitative estimate of drug-likeness (QED) is 0.905. The van der Waals surface area contributed by atoms with Crippen molar-refractivity contribution in [3.8, 4) is 5.75 Å². The maximum Gasteiger partial charge on any atom is 0.306 e. The van der Waals surface area contributed by atoms with Gasteiger partial charge in [0.05, 0.1) is 24.8 Å². The minimum absolute atomic E-state index is 0.0363. The fraction of sp³-hybridized carbons (Fsp3) is 0.400. The van der Waals surface area contributed by atoms with Crippen LogP contribution < -0.4 is 4.74 Å². The van der Waals surface area contributed by atoms with Crippen LogP contribution in [0.1, 0.15) is 35.8 Å². The number of para-hydroxylation sites is 1. The molecule has 5 heteroatoms. The van der Waals surface area contributed by atoms with Crippen LogP contribution >= 0.6 is 0 Å². The van der Waals surface area contributed by atoms with Crippen LogP contribution in [0.2, 0.25) is 0 Å². The lowest BCUT2D eigenvalue weighted by molar-refractivity contribution is -0.143. The van der Waals surface area contributed by atoms with Gasteiger partial charge in [0.15, 0.2) is 0 Å². The number of ether oxygens (including phenoxy) is 1. The number of pyridine rings is 1. The Kier molecular flexibility index (Phi) is 5.34. The molecule has 1 fully saturated rings. The predicted octanol–water partition coefficient (Wildman–Crippen LogP) is 3.28. The number of hydrogen-bond acceptors (Lipinski definition) is 4. The molecule has 0 aliphatic carbocycles. The Bertz CT molecular complexity index is 739. The van der Waals surface area contributed by atoms with E-state index in [0.717, 1.165) is 35.8 Å². The second-order valence-corrected chi connectivity index (χ2v) is 6.50. The van der Waals surface area contributed by atoms with E-state index >= 15 is 0 Å². The smallest absolute Gasteiger partial charge is 0.306 e. The molecule has 0 spiro atoms. The maximum atomic E-state index is 11.3. The molecule has 1 unspecified atom stereocenters. The highest BCUT2D eigenvalue weighted by atomic mass is 16.5. The molecule has 1 aromatic carbocycles. The molecule has 3 rings (SSSR count). The number of rotatable bonds is 5. The lowest BCUT2D eigenvalue weighted by Gasteiger charge is -2.37. The van der Waals surface area contributed by atoms with Gasteiger partial charge in [-0.15, -0.1) is 0 Å². The molecule has 1 atom stereocenters. The van der Waals surface area contributed by atoms with E-state index in [1.54, 1.807) is 7.11 Å². The summed E-state index contributed by atoms with van der Waals surface area (Å²) in [5.74, 6) is -0.113. The lowest BCUT2D eigenvalue weighted by atomic mass is 9.92. The number of carboxylic acids is 1. The van der Waals surface area contributed by atoms with E-state index in [9.17, 15) is 9.90 Å². The topological polar surface area (TPSA) is 62.7 Å². The third-order valence-electron chi connectivity index (χ3n) is 4.87. The first-order valence-corrected chi connectivity index (χ1v) is 8.63. The van der Waals surface area contributed by atoms with Crippen molar-refractivity contribution in [3.05, 3.63) is 59.4 Å². The fourth-order valence-electron chi connectivity index (χ4n) is 3.56. The van der Waals surface area contributed by atoms with E-state index in [-0.39, 0.29) is 12.0 Å². The van der Waals surface area contributed by atoms with Gasteiger partial charge in [0, 0.05) is 11.3 Å². The molecule has 25 heavy (non-hydrogen) atoms. The summed E-state index contributed by atoms with van der Waals surface area (Å²) in [7, 11) is 1.68. The zero-order valence-corrected chi connectivity index (χ0v) is 14.7. The summed E-state index contributed by atoms with van der Waals surface area (Å²) >= 11 is 0. The summed E-state index contributed by atoms with van der Waals surface area (Å²) in [6.45, 7) is 3.45. The number of methoxy groups -OCH3 is 1. The number of carbonyl (C=O) groups is 1. The first-order valence-electron chi connectivity index (χ1n) is 8.63. The molecular formula is C20H24N2O3. The molecule has 2 aromatic rings. The van der Waals surface area contributed by atoms with E-state index in [0.29, 0.717) is 12.8 Å². The van der Waals surface area contributed by atoms with Crippen molar-refractivity contribution in [2.75, 3.05) is 20.2 Å². The fourth-order valence-corrected chi connectivity index (χ4v) is 3.56. The van der Waals surface area contributed by atoms with E-state index < -0.39 is 5.97 Å². The Morgan fingerprint density at radius 1 is 1.20 bits per heavy atom. The molecule has 1 N–H and O–H groups in total. The van der Waals surface area contributed by atoms with Crippen molar-refractivity contribution in [1.82, 2.24) is 9.88 Å². The van der Waals surface area contributed by atoms with Gasteiger partial charge in [-0.3, -0.25) is 14.7 Å². The molecule has 0 saturated carbocycles. The van der Waals surface area contributed by atoms with Gasteiger partial charge in [-0.2, -0.15) is 0 Å². The van der Waals surface area contributed by atoms with Crippen molar-refractivity contribution in [1.29, 1.82) is 0 Å². The Labute approximate surface area is 148 Å². The van der Waals surface area contributed by atoms with E-state index in [4.69, 9.17) is 9.72 Å².